The van der Waals surface area contributed by atoms with Crippen molar-refractivity contribution >= 4 is 22.9 Å². The summed E-state index contributed by atoms with van der Waals surface area (Å²) < 4.78 is 0. The topological polar surface area (TPSA) is 50.9 Å². The summed E-state index contributed by atoms with van der Waals surface area (Å²) in [5.74, 6) is 0.660. The van der Waals surface area contributed by atoms with Gasteiger partial charge in [-0.3, -0.25) is 4.98 Å². The van der Waals surface area contributed by atoms with Crippen LogP contribution in [0.3, 0.4) is 0 Å². The molecule has 0 aliphatic heterocycles. The molecule has 1 rings (SSSR count). The quantitative estimate of drug-likeness (QED) is 0.773. The maximum atomic E-state index is 5.62. The van der Waals surface area contributed by atoms with Crippen molar-refractivity contribution < 1.29 is 0 Å². The lowest BCUT2D eigenvalue weighted by Gasteiger charge is -2.18. The number of aromatic nitrogens is 1. The predicted molar refractivity (Wildman–Crippen MR) is 72.7 cm³/mol. The zero-order valence-corrected chi connectivity index (χ0v) is 10.8. The molecule has 1 heterocycles. The van der Waals surface area contributed by atoms with Crippen LogP contribution in [0.4, 0.5) is 5.69 Å². The first kappa shape index (κ1) is 12.9. The summed E-state index contributed by atoms with van der Waals surface area (Å²) in [4.78, 5) is 4.51. The highest BCUT2D eigenvalue weighted by molar-refractivity contribution is 7.80. The van der Waals surface area contributed by atoms with Gasteiger partial charge in [0.2, 0.25) is 0 Å². The van der Waals surface area contributed by atoms with Crippen LogP contribution in [0.5, 0.6) is 0 Å². The van der Waals surface area contributed by atoms with Crippen LogP contribution in [-0.4, -0.2) is 16.0 Å². The Morgan fingerprint density at radius 1 is 1.50 bits per heavy atom. The molecule has 0 saturated carbocycles. The van der Waals surface area contributed by atoms with Crippen LogP contribution < -0.4 is 11.1 Å². The fourth-order valence-electron chi connectivity index (χ4n) is 1.75. The summed E-state index contributed by atoms with van der Waals surface area (Å²) in [6, 6.07) is 4.22. The molecule has 1 atom stereocenters. The van der Waals surface area contributed by atoms with E-state index < -0.39 is 0 Å². The normalized spacial score (nSPS) is 12.5. The van der Waals surface area contributed by atoms with Crippen molar-refractivity contribution in [3.05, 3.63) is 24.0 Å². The number of hydrogen-bond donors (Lipinski definition) is 2. The molecule has 0 aliphatic rings. The lowest BCUT2D eigenvalue weighted by molar-refractivity contribution is 0.539. The Hall–Kier alpha value is -1.16. The third kappa shape index (κ3) is 3.77. The number of hydrogen-bond acceptors (Lipinski definition) is 3. The lowest BCUT2D eigenvalue weighted by Crippen LogP contribution is -2.21. The van der Waals surface area contributed by atoms with Crippen LogP contribution in [0.15, 0.2) is 18.3 Å². The molecule has 0 saturated heterocycles. The Bertz CT molecular complexity index is 363. The number of anilines is 1. The largest absolute Gasteiger partial charge is 0.388 e. The third-order valence-electron chi connectivity index (χ3n) is 2.27. The van der Waals surface area contributed by atoms with Gasteiger partial charge in [0.05, 0.1) is 5.69 Å². The van der Waals surface area contributed by atoms with E-state index >= 15 is 0 Å². The van der Waals surface area contributed by atoms with Gasteiger partial charge < -0.3 is 11.1 Å². The highest BCUT2D eigenvalue weighted by Gasteiger charge is 2.09. The zero-order valence-electron chi connectivity index (χ0n) is 10.0. The maximum absolute atomic E-state index is 5.62. The molecule has 1 aromatic heterocycles. The minimum absolute atomic E-state index is 0.333. The van der Waals surface area contributed by atoms with Crippen molar-refractivity contribution in [2.45, 2.75) is 33.2 Å². The number of nitrogens with zero attached hydrogens (tertiary/aromatic N) is 1. The maximum Gasteiger partial charge on any atom is 0.124 e. The second-order valence-electron chi connectivity index (χ2n) is 4.44. The van der Waals surface area contributed by atoms with Crippen molar-refractivity contribution in [2.24, 2.45) is 11.7 Å². The van der Waals surface area contributed by atoms with Crippen molar-refractivity contribution in [1.82, 2.24) is 4.98 Å². The summed E-state index contributed by atoms with van der Waals surface area (Å²) in [5.41, 5.74) is 7.21. The summed E-state index contributed by atoms with van der Waals surface area (Å²) in [6.07, 6.45) is 2.80. The molecular formula is C12H19N3S. The monoisotopic (exact) mass is 237 g/mol. The van der Waals surface area contributed by atoms with E-state index in [4.69, 9.17) is 18.0 Å². The van der Waals surface area contributed by atoms with Crippen molar-refractivity contribution in [1.29, 1.82) is 0 Å². The number of rotatable bonds is 5. The summed E-state index contributed by atoms with van der Waals surface area (Å²) >= 11 is 4.97. The number of thiocarbonyl (C=S) groups is 1. The van der Waals surface area contributed by atoms with E-state index in [0.717, 1.165) is 12.1 Å². The number of nitrogens with two attached hydrogens (primary N) is 1. The average molecular weight is 237 g/mol. The molecule has 0 amide bonds. The van der Waals surface area contributed by atoms with Gasteiger partial charge in [0.25, 0.3) is 0 Å². The Morgan fingerprint density at radius 2 is 2.19 bits per heavy atom. The minimum atomic E-state index is 0.333. The molecular weight excluding hydrogens is 218 g/mol. The van der Waals surface area contributed by atoms with Gasteiger partial charge in [0.1, 0.15) is 10.7 Å². The second-order valence-corrected chi connectivity index (χ2v) is 4.88. The minimum Gasteiger partial charge on any atom is -0.388 e. The van der Waals surface area contributed by atoms with Gasteiger partial charge in [-0.15, -0.1) is 0 Å². The fraction of sp³-hybridized carbons (Fsp3) is 0.500. The molecule has 3 nitrogen and oxygen atoms in total. The van der Waals surface area contributed by atoms with Gasteiger partial charge in [-0.2, -0.15) is 0 Å². The van der Waals surface area contributed by atoms with Crippen LogP contribution in [0.25, 0.3) is 0 Å². The molecule has 0 fully saturated rings. The van der Waals surface area contributed by atoms with Crippen LogP contribution in [-0.2, 0) is 0 Å². The number of nitrogens with one attached hydrogen (secondary N) is 1. The van der Waals surface area contributed by atoms with Crippen LogP contribution in [0.1, 0.15) is 32.9 Å². The van der Waals surface area contributed by atoms with Gasteiger partial charge >= 0.3 is 0 Å². The zero-order chi connectivity index (χ0) is 12.1. The predicted octanol–water partition coefficient (Wildman–Crippen LogP) is 2.56. The van der Waals surface area contributed by atoms with Crippen LogP contribution in [0.2, 0.25) is 0 Å². The van der Waals surface area contributed by atoms with Gasteiger partial charge in [-0.25, -0.2) is 0 Å². The van der Waals surface area contributed by atoms with E-state index in [2.05, 4.69) is 31.1 Å². The summed E-state index contributed by atoms with van der Waals surface area (Å²) in [7, 11) is 0. The second kappa shape index (κ2) is 5.80. The lowest BCUT2D eigenvalue weighted by atomic mass is 10.0. The molecule has 0 aromatic carbocycles. The van der Waals surface area contributed by atoms with Gasteiger partial charge in [0, 0.05) is 12.2 Å². The Labute approximate surface area is 102 Å². The molecule has 0 aliphatic carbocycles. The Balaban J connectivity index is 2.76. The molecule has 1 aromatic rings. The summed E-state index contributed by atoms with van der Waals surface area (Å²) in [5, 5.41) is 3.39. The number of pyridine rings is 1. The first-order valence-electron chi connectivity index (χ1n) is 5.52. The summed E-state index contributed by atoms with van der Waals surface area (Å²) in [6.45, 7) is 6.56. The van der Waals surface area contributed by atoms with Crippen molar-refractivity contribution in [3.8, 4) is 0 Å². The molecule has 0 bridgehead atoms. The first-order chi connectivity index (χ1) is 7.50. The van der Waals surface area contributed by atoms with Gasteiger partial charge in [0.15, 0.2) is 0 Å². The molecule has 1 unspecified atom stereocenters. The van der Waals surface area contributed by atoms with E-state index in [9.17, 15) is 0 Å². The van der Waals surface area contributed by atoms with Crippen molar-refractivity contribution in [3.63, 3.8) is 0 Å². The van der Waals surface area contributed by atoms with Gasteiger partial charge in [-0.1, -0.05) is 26.1 Å². The molecule has 0 radical (unpaired) electrons. The molecule has 0 spiro atoms. The Morgan fingerprint density at radius 3 is 2.75 bits per heavy atom. The Kier molecular flexibility index (Phi) is 4.68. The SMILES string of the molecule is CC(C)CC(C)Nc1cccnc1C(N)=S. The van der Waals surface area contributed by atoms with Gasteiger partial charge in [-0.05, 0) is 31.4 Å². The molecule has 16 heavy (non-hydrogen) atoms. The van der Waals surface area contributed by atoms with E-state index in [1.165, 1.54) is 0 Å². The molecule has 88 valence electrons. The molecule has 4 heteroatoms. The van der Waals surface area contributed by atoms with Crippen LogP contribution >= 0.6 is 12.2 Å². The smallest absolute Gasteiger partial charge is 0.124 e. The highest BCUT2D eigenvalue weighted by Crippen LogP contribution is 2.16. The van der Waals surface area contributed by atoms with Crippen LogP contribution in [0, 0.1) is 5.92 Å². The third-order valence-corrected chi connectivity index (χ3v) is 2.46. The standard InChI is InChI=1S/C12H19N3S/c1-8(2)7-9(3)15-10-5-4-6-14-11(10)12(13)16/h4-6,8-9,15H,7H2,1-3H3,(H2,13,16). The molecule has 3 N–H and O–H groups in total. The van der Waals surface area contributed by atoms with E-state index in [-0.39, 0.29) is 0 Å². The van der Waals surface area contributed by atoms with E-state index in [0.29, 0.717) is 22.6 Å². The fourth-order valence-corrected chi connectivity index (χ4v) is 1.91. The average Bonchev–Trinajstić information content (AvgIpc) is 2.16. The van der Waals surface area contributed by atoms with Crippen molar-refractivity contribution in [2.75, 3.05) is 5.32 Å². The van der Waals surface area contributed by atoms with E-state index in [1.54, 1.807) is 6.20 Å². The first-order valence-corrected chi connectivity index (χ1v) is 5.93. The van der Waals surface area contributed by atoms with E-state index in [1.807, 2.05) is 12.1 Å². The highest BCUT2D eigenvalue weighted by atomic mass is 32.1.